The quantitative estimate of drug-likeness (QED) is 0.596. The summed E-state index contributed by atoms with van der Waals surface area (Å²) in [6.07, 6.45) is 2.03. The van der Waals surface area contributed by atoms with Gasteiger partial charge in [-0.1, -0.05) is 30.0 Å². The minimum atomic E-state index is -0.368. The molecule has 1 atom stereocenters. The Hall–Kier alpha value is -2.74. The Bertz CT molecular complexity index is 854. The number of nitrogens with zero attached hydrogens (tertiary/aromatic N) is 2. The highest BCUT2D eigenvalue weighted by Crippen LogP contribution is 2.23. The second-order valence-corrected chi connectivity index (χ2v) is 7.00. The van der Waals surface area contributed by atoms with E-state index in [1.165, 1.54) is 6.20 Å². The van der Waals surface area contributed by atoms with E-state index in [0.29, 0.717) is 30.8 Å². The van der Waals surface area contributed by atoms with Crippen molar-refractivity contribution in [3.05, 3.63) is 59.2 Å². The van der Waals surface area contributed by atoms with Crippen LogP contribution in [-0.2, 0) is 11.2 Å². The fourth-order valence-corrected chi connectivity index (χ4v) is 3.43. The van der Waals surface area contributed by atoms with Crippen LogP contribution < -0.4 is 15.5 Å². The lowest BCUT2D eigenvalue weighted by Crippen LogP contribution is -2.25. The number of amides is 2. The topological polar surface area (TPSA) is 92.9 Å². The summed E-state index contributed by atoms with van der Waals surface area (Å²) < 4.78 is 6.64. The lowest BCUT2D eigenvalue weighted by Gasteiger charge is -2.08. The molecule has 1 aliphatic rings. The number of thioether (sulfide) groups is 1. The maximum absolute atomic E-state index is 11.6. The Labute approximate surface area is 154 Å². The number of benzene rings is 1. The van der Waals surface area contributed by atoms with E-state index in [9.17, 15) is 14.8 Å². The lowest BCUT2D eigenvalue weighted by molar-refractivity contribution is -0.118. The molecule has 2 N–H and O–H groups in total. The highest BCUT2D eigenvalue weighted by Gasteiger charge is 2.31. The molecule has 2 heterocycles. The van der Waals surface area contributed by atoms with Crippen molar-refractivity contribution in [2.24, 2.45) is 4.99 Å². The highest BCUT2D eigenvalue weighted by atomic mass is 32.2. The summed E-state index contributed by atoms with van der Waals surface area (Å²) in [5.74, 6) is 0.462. The first-order valence-electron chi connectivity index (χ1n) is 8.14. The van der Waals surface area contributed by atoms with Crippen LogP contribution in [-0.4, -0.2) is 39.5 Å². The van der Waals surface area contributed by atoms with Crippen LogP contribution in [0.25, 0.3) is 0 Å². The fraction of sp³-hybridized carbons (Fsp3) is 0.278. The summed E-state index contributed by atoms with van der Waals surface area (Å²) in [6.45, 7) is 2.67. The fourth-order valence-electron chi connectivity index (χ4n) is 2.57. The third-order valence-corrected chi connectivity index (χ3v) is 4.86. The van der Waals surface area contributed by atoms with Crippen LogP contribution in [0.15, 0.2) is 47.6 Å². The second kappa shape index (κ2) is 8.09. The van der Waals surface area contributed by atoms with E-state index in [-0.39, 0.29) is 16.4 Å². The Kier molecular flexibility index (Phi) is 5.62. The van der Waals surface area contributed by atoms with Crippen molar-refractivity contribution in [2.45, 2.75) is 18.6 Å². The molecule has 3 rings (SSSR count). The lowest BCUT2D eigenvalue weighted by atomic mass is 10.1. The Balaban J connectivity index is 1.52. The number of carbonyl (C=O) groups excluding carboxylic acids is 2. The Morgan fingerprint density at radius 2 is 2.04 bits per heavy atom. The summed E-state index contributed by atoms with van der Waals surface area (Å²) >= 11 is 1.02. The van der Waals surface area contributed by atoms with Crippen molar-refractivity contribution in [2.75, 3.05) is 13.2 Å². The molecule has 26 heavy (non-hydrogen) atoms. The highest BCUT2D eigenvalue weighted by molar-refractivity contribution is 8.15. The predicted octanol–water partition coefficient (Wildman–Crippen LogP) is 1.91. The zero-order valence-corrected chi connectivity index (χ0v) is 15.0. The van der Waals surface area contributed by atoms with Gasteiger partial charge in [0.25, 0.3) is 5.24 Å². The van der Waals surface area contributed by atoms with Gasteiger partial charge in [0, 0.05) is 6.20 Å². The molecule has 7 nitrogen and oxygen atoms in total. The van der Waals surface area contributed by atoms with E-state index in [2.05, 4.69) is 10.3 Å². The number of aromatic nitrogens is 1. The first-order valence-corrected chi connectivity index (χ1v) is 9.02. The molecule has 0 spiro atoms. The second-order valence-electron chi connectivity index (χ2n) is 5.82. The number of hydrogen-bond acceptors (Lipinski definition) is 6. The molecular formula is C18H19N3O4S. The van der Waals surface area contributed by atoms with Crippen molar-refractivity contribution < 1.29 is 19.5 Å². The number of carbonyl (C=O) groups is 2. The van der Waals surface area contributed by atoms with Gasteiger partial charge in [-0.3, -0.25) is 19.9 Å². The van der Waals surface area contributed by atoms with Gasteiger partial charge in [0.1, 0.15) is 12.4 Å². The standard InChI is InChI=1S/C18H19N3O4S/c1-12-3-2-9-21(24)16(12)19-8-10-25-14-6-4-13(5-7-14)11-15-17(22)20-18(23)26-15/h2-7,9,15,24H,8,10-11H2,1H3,(H,20,22,23). The third-order valence-electron chi connectivity index (χ3n) is 3.88. The molecule has 1 aliphatic heterocycles. The number of imide groups is 1. The van der Waals surface area contributed by atoms with E-state index >= 15 is 0 Å². The van der Waals surface area contributed by atoms with Gasteiger partial charge in [-0.15, -0.1) is 0 Å². The molecule has 1 aromatic heterocycles. The van der Waals surface area contributed by atoms with Gasteiger partial charge in [-0.05, 0) is 42.7 Å². The van der Waals surface area contributed by atoms with Crippen molar-refractivity contribution in [3.8, 4) is 5.75 Å². The van der Waals surface area contributed by atoms with E-state index in [4.69, 9.17) is 4.74 Å². The van der Waals surface area contributed by atoms with Gasteiger partial charge in [0.05, 0.1) is 11.8 Å². The molecule has 1 fully saturated rings. The van der Waals surface area contributed by atoms with E-state index < -0.39 is 0 Å². The van der Waals surface area contributed by atoms with Crippen molar-refractivity contribution in [1.82, 2.24) is 10.0 Å². The molecule has 1 saturated heterocycles. The van der Waals surface area contributed by atoms with Crippen molar-refractivity contribution in [3.63, 3.8) is 0 Å². The molecular weight excluding hydrogens is 354 g/mol. The maximum Gasteiger partial charge on any atom is 0.286 e. The van der Waals surface area contributed by atoms with Crippen LogP contribution in [0.4, 0.5) is 4.79 Å². The van der Waals surface area contributed by atoms with Crippen molar-refractivity contribution in [1.29, 1.82) is 0 Å². The SMILES string of the molecule is Cc1cccn(O)c1=NCCOc1ccc(CC2SC(=O)NC2=O)cc1. The minimum Gasteiger partial charge on any atom is -0.492 e. The summed E-state index contributed by atoms with van der Waals surface area (Å²) in [5.41, 5.74) is 2.35. The summed E-state index contributed by atoms with van der Waals surface area (Å²) in [5, 5.41) is 11.3. The molecule has 0 saturated carbocycles. The van der Waals surface area contributed by atoms with Crippen LogP contribution in [0.5, 0.6) is 5.75 Å². The summed E-state index contributed by atoms with van der Waals surface area (Å²) in [4.78, 5) is 27.1. The number of nitrogens with one attached hydrogen (secondary N) is 1. The molecule has 136 valence electrons. The average molecular weight is 373 g/mol. The first-order chi connectivity index (χ1) is 12.5. The van der Waals surface area contributed by atoms with Gasteiger partial charge < -0.3 is 9.94 Å². The van der Waals surface area contributed by atoms with Gasteiger partial charge in [-0.2, -0.15) is 4.73 Å². The number of aryl methyl sites for hydroxylation is 1. The van der Waals surface area contributed by atoms with E-state index in [1.54, 1.807) is 6.07 Å². The zero-order valence-electron chi connectivity index (χ0n) is 14.2. The predicted molar refractivity (Wildman–Crippen MR) is 97.3 cm³/mol. The molecule has 2 amide bonds. The summed E-state index contributed by atoms with van der Waals surface area (Å²) in [7, 11) is 0. The number of hydrogen-bond donors (Lipinski definition) is 2. The van der Waals surface area contributed by atoms with Crippen molar-refractivity contribution >= 4 is 22.9 Å². The van der Waals surface area contributed by atoms with Crippen LogP contribution in [0.1, 0.15) is 11.1 Å². The summed E-state index contributed by atoms with van der Waals surface area (Å²) in [6, 6.07) is 11.0. The zero-order chi connectivity index (χ0) is 18.5. The van der Waals surface area contributed by atoms with Gasteiger partial charge in [-0.25, -0.2) is 0 Å². The molecule has 1 unspecified atom stereocenters. The van der Waals surface area contributed by atoms with Crippen LogP contribution in [0, 0.1) is 6.92 Å². The van der Waals surface area contributed by atoms with Crippen LogP contribution >= 0.6 is 11.8 Å². The van der Waals surface area contributed by atoms with Crippen LogP contribution in [0.2, 0.25) is 0 Å². The van der Waals surface area contributed by atoms with Gasteiger partial charge in [0.2, 0.25) is 5.91 Å². The van der Waals surface area contributed by atoms with Crippen LogP contribution in [0.3, 0.4) is 0 Å². The number of rotatable bonds is 6. The smallest absolute Gasteiger partial charge is 0.286 e. The molecule has 8 heteroatoms. The number of ether oxygens (including phenoxy) is 1. The van der Waals surface area contributed by atoms with E-state index in [1.807, 2.05) is 37.3 Å². The normalized spacial score (nSPS) is 17.4. The van der Waals surface area contributed by atoms with Gasteiger partial charge >= 0.3 is 0 Å². The Morgan fingerprint density at radius 1 is 1.27 bits per heavy atom. The molecule has 0 radical (unpaired) electrons. The minimum absolute atomic E-state index is 0.237. The molecule has 0 bridgehead atoms. The maximum atomic E-state index is 11.6. The molecule has 1 aromatic carbocycles. The average Bonchev–Trinajstić information content (AvgIpc) is 2.92. The monoisotopic (exact) mass is 373 g/mol. The molecule has 0 aliphatic carbocycles. The van der Waals surface area contributed by atoms with E-state index in [0.717, 1.165) is 27.6 Å². The Morgan fingerprint density at radius 3 is 2.69 bits per heavy atom. The first kappa shape index (κ1) is 18.1. The van der Waals surface area contributed by atoms with Gasteiger partial charge in [0.15, 0.2) is 5.49 Å². The number of pyridine rings is 1. The largest absolute Gasteiger partial charge is 0.492 e. The molecule has 2 aromatic rings. The third kappa shape index (κ3) is 4.45.